The smallest absolute Gasteiger partial charge is 0.123 e. The van der Waals surface area contributed by atoms with Gasteiger partial charge >= 0.3 is 0 Å². The molecule has 1 heterocycles. The van der Waals surface area contributed by atoms with Crippen LogP contribution in [0, 0.1) is 17.2 Å². The van der Waals surface area contributed by atoms with Gasteiger partial charge in [-0.25, -0.2) is 0 Å². The van der Waals surface area contributed by atoms with Crippen molar-refractivity contribution in [2.75, 3.05) is 33.3 Å². The summed E-state index contributed by atoms with van der Waals surface area (Å²) in [6.07, 6.45) is 2.51. The monoisotopic (exact) mass is 287 g/mol. The zero-order valence-corrected chi connectivity index (χ0v) is 13.1. The second-order valence-electron chi connectivity index (χ2n) is 5.66. The maximum absolute atomic E-state index is 9.07. The van der Waals surface area contributed by atoms with Gasteiger partial charge in [-0.1, -0.05) is 6.92 Å². The van der Waals surface area contributed by atoms with Gasteiger partial charge in [-0.3, -0.25) is 4.90 Å². The third kappa shape index (κ3) is 4.45. The number of nitrogens with zero attached hydrogens (tertiary/aromatic N) is 2. The summed E-state index contributed by atoms with van der Waals surface area (Å²) in [5, 5.41) is 12.5. The largest absolute Gasteiger partial charge is 0.496 e. The van der Waals surface area contributed by atoms with Gasteiger partial charge in [0.05, 0.1) is 18.7 Å². The summed E-state index contributed by atoms with van der Waals surface area (Å²) >= 11 is 0. The highest BCUT2D eigenvalue weighted by Gasteiger charge is 2.17. The molecule has 4 heteroatoms. The Morgan fingerprint density at radius 2 is 2.14 bits per heavy atom. The molecule has 4 nitrogen and oxygen atoms in total. The zero-order valence-electron chi connectivity index (χ0n) is 13.1. The first-order valence-electron chi connectivity index (χ1n) is 7.77. The first-order valence-corrected chi connectivity index (χ1v) is 7.77. The number of ether oxygens (including phenoxy) is 1. The standard InChI is InChI=1S/C17H25N3O/c1-3-20(12-14-6-8-19-9-7-14)13-16-10-15(11-18)4-5-17(16)21-2/h4-5,10,14,19H,3,6-9,12-13H2,1-2H3. The maximum atomic E-state index is 9.07. The third-order valence-electron chi connectivity index (χ3n) is 4.23. The third-order valence-corrected chi connectivity index (χ3v) is 4.23. The van der Waals surface area contributed by atoms with Crippen LogP contribution in [-0.2, 0) is 6.54 Å². The van der Waals surface area contributed by atoms with Gasteiger partial charge in [0.1, 0.15) is 5.75 Å². The number of nitrogens with one attached hydrogen (secondary N) is 1. The lowest BCUT2D eigenvalue weighted by atomic mass is 9.97. The predicted octanol–water partition coefficient (Wildman–Crippen LogP) is 2.39. The zero-order chi connectivity index (χ0) is 15.1. The number of hydrogen-bond donors (Lipinski definition) is 1. The fraction of sp³-hybridized carbons (Fsp3) is 0.588. The molecule has 0 saturated carbocycles. The van der Waals surface area contributed by atoms with E-state index < -0.39 is 0 Å². The molecule has 0 amide bonds. The van der Waals surface area contributed by atoms with Gasteiger partial charge in [0, 0.05) is 18.7 Å². The molecule has 0 spiro atoms. The summed E-state index contributed by atoms with van der Waals surface area (Å²) in [4.78, 5) is 2.45. The minimum absolute atomic E-state index is 0.698. The molecule has 1 N–H and O–H groups in total. The van der Waals surface area contributed by atoms with Crippen LogP contribution in [0.25, 0.3) is 0 Å². The molecule has 0 radical (unpaired) electrons. The normalized spacial score (nSPS) is 15.9. The quantitative estimate of drug-likeness (QED) is 0.873. The molecule has 1 aliphatic heterocycles. The molecule has 1 aromatic rings. The van der Waals surface area contributed by atoms with Crippen molar-refractivity contribution in [3.05, 3.63) is 29.3 Å². The number of piperidine rings is 1. The van der Waals surface area contributed by atoms with Gasteiger partial charge in [-0.15, -0.1) is 0 Å². The molecule has 21 heavy (non-hydrogen) atoms. The Labute approximate surface area is 127 Å². The van der Waals surface area contributed by atoms with Gasteiger partial charge in [0.2, 0.25) is 0 Å². The molecule has 0 unspecified atom stereocenters. The van der Waals surface area contributed by atoms with E-state index in [4.69, 9.17) is 10.00 Å². The molecular weight excluding hydrogens is 262 g/mol. The molecule has 0 bridgehead atoms. The van der Waals surface area contributed by atoms with Crippen molar-refractivity contribution in [3.8, 4) is 11.8 Å². The lowest BCUT2D eigenvalue weighted by Crippen LogP contribution is -2.36. The van der Waals surface area contributed by atoms with Crippen LogP contribution < -0.4 is 10.1 Å². The molecular formula is C17H25N3O. The van der Waals surface area contributed by atoms with Crippen LogP contribution in [-0.4, -0.2) is 38.2 Å². The highest BCUT2D eigenvalue weighted by molar-refractivity contribution is 5.42. The Morgan fingerprint density at radius 1 is 1.38 bits per heavy atom. The van der Waals surface area contributed by atoms with Crippen LogP contribution in [0.3, 0.4) is 0 Å². The molecule has 114 valence electrons. The van der Waals surface area contributed by atoms with Crippen LogP contribution >= 0.6 is 0 Å². The number of nitriles is 1. The average molecular weight is 287 g/mol. The minimum atomic E-state index is 0.698. The molecule has 1 saturated heterocycles. The summed E-state index contributed by atoms with van der Waals surface area (Å²) in [5.41, 5.74) is 1.80. The summed E-state index contributed by atoms with van der Waals surface area (Å²) in [7, 11) is 1.69. The van der Waals surface area contributed by atoms with Crippen LogP contribution in [0.5, 0.6) is 5.75 Å². The SMILES string of the molecule is CCN(Cc1cc(C#N)ccc1OC)CC1CCNCC1. The number of hydrogen-bond acceptors (Lipinski definition) is 4. The van der Waals surface area contributed by atoms with Crippen molar-refractivity contribution < 1.29 is 4.74 Å². The Morgan fingerprint density at radius 3 is 2.76 bits per heavy atom. The number of rotatable bonds is 6. The lowest BCUT2D eigenvalue weighted by Gasteiger charge is -2.29. The lowest BCUT2D eigenvalue weighted by molar-refractivity contribution is 0.205. The van der Waals surface area contributed by atoms with Crippen molar-refractivity contribution >= 4 is 0 Å². The average Bonchev–Trinajstić information content (AvgIpc) is 2.55. The maximum Gasteiger partial charge on any atom is 0.123 e. The first-order chi connectivity index (χ1) is 10.3. The van der Waals surface area contributed by atoms with Crippen molar-refractivity contribution in [1.29, 1.82) is 5.26 Å². The van der Waals surface area contributed by atoms with E-state index in [2.05, 4.69) is 23.2 Å². The fourth-order valence-electron chi connectivity index (χ4n) is 2.95. The van der Waals surface area contributed by atoms with Crippen LogP contribution in [0.2, 0.25) is 0 Å². The van der Waals surface area contributed by atoms with E-state index in [9.17, 15) is 0 Å². The van der Waals surface area contributed by atoms with Crippen LogP contribution in [0.4, 0.5) is 0 Å². The van der Waals surface area contributed by atoms with Crippen molar-refractivity contribution in [2.45, 2.75) is 26.3 Å². The van der Waals surface area contributed by atoms with Crippen molar-refractivity contribution in [1.82, 2.24) is 10.2 Å². The summed E-state index contributed by atoms with van der Waals surface area (Å²) in [6.45, 7) is 7.45. The Hall–Kier alpha value is -1.57. The van der Waals surface area contributed by atoms with Gasteiger partial charge in [0.15, 0.2) is 0 Å². The van der Waals surface area contributed by atoms with E-state index in [1.165, 1.54) is 12.8 Å². The topological polar surface area (TPSA) is 48.3 Å². The second kappa shape index (κ2) is 8.02. The van der Waals surface area contributed by atoms with Gasteiger partial charge in [-0.05, 0) is 56.6 Å². The molecule has 0 aromatic heterocycles. The summed E-state index contributed by atoms with van der Waals surface area (Å²) < 4.78 is 5.43. The van der Waals surface area contributed by atoms with Crippen molar-refractivity contribution in [2.24, 2.45) is 5.92 Å². The van der Waals surface area contributed by atoms with Gasteiger partial charge in [0.25, 0.3) is 0 Å². The Bertz CT molecular complexity index is 489. The fourth-order valence-corrected chi connectivity index (χ4v) is 2.95. The summed E-state index contributed by atoms with van der Waals surface area (Å²) in [5.74, 6) is 1.65. The minimum Gasteiger partial charge on any atom is -0.496 e. The highest BCUT2D eigenvalue weighted by Crippen LogP contribution is 2.23. The summed E-state index contributed by atoms with van der Waals surface area (Å²) in [6, 6.07) is 7.86. The van der Waals surface area contributed by atoms with Gasteiger partial charge in [-0.2, -0.15) is 5.26 Å². The molecule has 2 rings (SSSR count). The van der Waals surface area contributed by atoms with E-state index in [1.54, 1.807) is 7.11 Å². The Balaban J connectivity index is 2.04. The predicted molar refractivity (Wildman–Crippen MR) is 84.3 cm³/mol. The molecule has 1 aliphatic rings. The molecule has 0 aliphatic carbocycles. The van der Waals surface area contributed by atoms with Crippen LogP contribution in [0.15, 0.2) is 18.2 Å². The highest BCUT2D eigenvalue weighted by atomic mass is 16.5. The molecule has 0 atom stereocenters. The van der Waals surface area contributed by atoms with E-state index in [0.717, 1.165) is 50.0 Å². The molecule has 1 aromatic carbocycles. The second-order valence-corrected chi connectivity index (χ2v) is 5.66. The number of benzene rings is 1. The van der Waals surface area contributed by atoms with Crippen LogP contribution in [0.1, 0.15) is 30.9 Å². The van der Waals surface area contributed by atoms with E-state index in [-0.39, 0.29) is 0 Å². The first kappa shape index (κ1) is 15.8. The molecule has 1 fully saturated rings. The van der Waals surface area contributed by atoms with E-state index in [0.29, 0.717) is 5.56 Å². The van der Waals surface area contributed by atoms with E-state index >= 15 is 0 Å². The Kier molecular flexibility index (Phi) is 6.04. The van der Waals surface area contributed by atoms with E-state index in [1.807, 2.05) is 18.2 Å². The van der Waals surface area contributed by atoms with Crippen molar-refractivity contribution in [3.63, 3.8) is 0 Å². The van der Waals surface area contributed by atoms with Gasteiger partial charge < -0.3 is 10.1 Å². The number of methoxy groups -OCH3 is 1.